The molecule has 0 aliphatic carbocycles. The van der Waals surface area contributed by atoms with E-state index >= 15 is 0 Å². The summed E-state index contributed by atoms with van der Waals surface area (Å²) in [5.74, 6) is 1.99. The van der Waals surface area contributed by atoms with Gasteiger partial charge >= 0.3 is 0 Å². The number of nitrogens with one attached hydrogen (secondary N) is 2. The number of hydrogen-bond donors (Lipinski definition) is 2. The summed E-state index contributed by atoms with van der Waals surface area (Å²) in [6.45, 7) is 13.1. The Hall–Kier alpha value is -1.14. The molecule has 2 heterocycles. The maximum absolute atomic E-state index is 4.67. The van der Waals surface area contributed by atoms with E-state index in [1.54, 1.807) is 11.3 Å². The molecule has 1 saturated heterocycles. The molecule has 2 N–H and O–H groups in total. The minimum absolute atomic E-state index is 0.486. The Bertz CT molecular complexity index is 517. The number of hydrogen-bond acceptors (Lipinski definition) is 4. The lowest BCUT2D eigenvalue weighted by Crippen LogP contribution is -2.48. The van der Waals surface area contributed by atoms with Crippen molar-refractivity contribution in [2.75, 3.05) is 26.7 Å². The van der Waals surface area contributed by atoms with Crippen LogP contribution in [0.3, 0.4) is 0 Å². The number of aliphatic imine (C=N–C) groups is 1. The van der Waals surface area contributed by atoms with Gasteiger partial charge in [-0.15, -0.1) is 11.3 Å². The van der Waals surface area contributed by atoms with Crippen molar-refractivity contribution in [1.29, 1.82) is 0 Å². The van der Waals surface area contributed by atoms with E-state index in [2.05, 4.69) is 58.6 Å². The molecular formula is C18H33N5S. The third kappa shape index (κ3) is 5.45. The zero-order valence-electron chi connectivity index (χ0n) is 15.8. The van der Waals surface area contributed by atoms with E-state index in [0.29, 0.717) is 17.9 Å². The maximum Gasteiger partial charge on any atom is 0.191 e. The van der Waals surface area contributed by atoms with E-state index in [-0.39, 0.29) is 0 Å². The Labute approximate surface area is 151 Å². The van der Waals surface area contributed by atoms with Gasteiger partial charge in [0.1, 0.15) is 5.01 Å². The number of aromatic nitrogens is 1. The molecule has 5 nitrogen and oxygen atoms in total. The van der Waals surface area contributed by atoms with Crippen molar-refractivity contribution in [2.24, 2.45) is 10.9 Å². The summed E-state index contributed by atoms with van der Waals surface area (Å²) in [5.41, 5.74) is 1.17. The van der Waals surface area contributed by atoms with Crippen LogP contribution in [0.15, 0.2) is 10.4 Å². The molecule has 1 aromatic rings. The van der Waals surface area contributed by atoms with Crippen molar-refractivity contribution in [3.05, 3.63) is 16.1 Å². The normalized spacial score (nSPS) is 17.7. The van der Waals surface area contributed by atoms with Gasteiger partial charge in [-0.2, -0.15) is 0 Å². The molecule has 0 aromatic carbocycles. The van der Waals surface area contributed by atoms with Gasteiger partial charge in [-0.05, 0) is 37.8 Å². The standard InChI is InChI=1S/C18H33N5S/c1-13(2)15-12-24-17(22-15)11-21-18(19-5)20-10-16(14(3)4)23-8-6-7-9-23/h12-14,16H,6-11H2,1-5H3,(H2,19,20,21). The third-order valence-corrected chi connectivity index (χ3v) is 5.52. The van der Waals surface area contributed by atoms with Gasteiger partial charge < -0.3 is 10.6 Å². The summed E-state index contributed by atoms with van der Waals surface area (Å²) in [6, 6.07) is 0.568. The van der Waals surface area contributed by atoms with Crippen LogP contribution >= 0.6 is 11.3 Å². The highest BCUT2D eigenvalue weighted by Gasteiger charge is 2.24. The fraction of sp³-hybridized carbons (Fsp3) is 0.778. The fourth-order valence-corrected chi connectivity index (χ4v) is 4.01. The van der Waals surface area contributed by atoms with E-state index in [1.807, 2.05) is 7.05 Å². The van der Waals surface area contributed by atoms with Gasteiger partial charge in [-0.1, -0.05) is 27.7 Å². The first-order valence-electron chi connectivity index (χ1n) is 9.14. The molecule has 136 valence electrons. The van der Waals surface area contributed by atoms with Gasteiger partial charge in [0.25, 0.3) is 0 Å². The molecule has 6 heteroatoms. The molecule has 0 radical (unpaired) electrons. The summed E-state index contributed by atoms with van der Waals surface area (Å²) in [6.07, 6.45) is 2.66. The predicted molar refractivity (Wildman–Crippen MR) is 104 cm³/mol. The Morgan fingerprint density at radius 1 is 1.25 bits per heavy atom. The lowest BCUT2D eigenvalue weighted by atomic mass is 10.0. The molecule has 1 fully saturated rings. The van der Waals surface area contributed by atoms with Crippen LogP contribution in [0.25, 0.3) is 0 Å². The molecule has 1 atom stereocenters. The molecule has 1 aliphatic heterocycles. The van der Waals surface area contributed by atoms with Gasteiger partial charge in [0.2, 0.25) is 0 Å². The Kier molecular flexibility index (Phi) is 7.49. The number of rotatable bonds is 7. The molecule has 0 saturated carbocycles. The van der Waals surface area contributed by atoms with Gasteiger partial charge in [-0.25, -0.2) is 4.98 Å². The zero-order valence-corrected chi connectivity index (χ0v) is 16.6. The van der Waals surface area contributed by atoms with Crippen LogP contribution in [0.2, 0.25) is 0 Å². The SMILES string of the molecule is CN=C(NCc1nc(C(C)C)cs1)NCC(C(C)C)N1CCCC1. The molecule has 1 aliphatic rings. The second kappa shape index (κ2) is 9.37. The quantitative estimate of drug-likeness (QED) is 0.586. The summed E-state index contributed by atoms with van der Waals surface area (Å²) in [7, 11) is 1.83. The van der Waals surface area contributed by atoms with Gasteiger partial charge in [0.05, 0.1) is 12.2 Å². The number of likely N-dealkylation sites (tertiary alicyclic amines) is 1. The van der Waals surface area contributed by atoms with Gasteiger partial charge in [-0.3, -0.25) is 9.89 Å². The predicted octanol–water partition coefficient (Wildman–Crippen LogP) is 3.05. The second-order valence-corrected chi connectivity index (χ2v) is 8.12. The minimum atomic E-state index is 0.486. The van der Waals surface area contributed by atoms with Crippen LogP contribution < -0.4 is 10.6 Å². The van der Waals surface area contributed by atoms with E-state index in [4.69, 9.17) is 0 Å². The zero-order chi connectivity index (χ0) is 17.5. The number of nitrogens with zero attached hydrogens (tertiary/aromatic N) is 3. The van der Waals surface area contributed by atoms with Crippen molar-refractivity contribution in [3.63, 3.8) is 0 Å². The van der Waals surface area contributed by atoms with Crippen molar-refractivity contribution < 1.29 is 0 Å². The third-order valence-electron chi connectivity index (χ3n) is 4.65. The molecule has 24 heavy (non-hydrogen) atoms. The smallest absolute Gasteiger partial charge is 0.191 e. The van der Waals surface area contributed by atoms with Crippen molar-refractivity contribution in [3.8, 4) is 0 Å². The van der Waals surface area contributed by atoms with Crippen LogP contribution in [-0.2, 0) is 6.54 Å². The molecule has 1 unspecified atom stereocenters. The van der Waals surface area contributed by atoms with Crippen LogP contribution in [0, 0.1) is 5.92 Å². The highest BCUT2D eigenvalue weighted by molar-refractivity contribution is 7.09. The molecule has 2 rings (SSSR count). The first-order chi connectivity index (χ1) is 11.5. The highest BCUT2D eigenvalue weighted by Crippen LogP contribution is 2.18. The summed E-state index contributed by atoms with van der Waals surface area (Å²) in [4.78, 5) is 11.6. The highest BCUT2D eigenvalue weighted by atomic mass is 32.1. The Balaban J connectivity index is 1.82. The lowest BCUT2D eigenvalue weighted by Gasteiger charge is -2.31. The molecule has 0 spiro atoms. The van der Waals surface area contributed by atoms with E-state index in [0.717, 1.165) is 24.1 Å². The van der Waals surface area contributed by atoms with Crippen molar-refractivity contribution in [2.45, 2.75) is 59.0 Å². The van der Waals surface area contributed by atoms with Gasteiger partial charge in [0.15, 0.2) is 5.96 Å². The number of thiazole rings is 1. The van der Waals surface area contributed by atoms with E-state index < -0.39 is 0 Å². The lowest BCUT2D eigenvalue weighted by molar-refractivity contribution is 0.192. The Morgan fingerprint density at radius 2 is 1.96 bits per heavy atom. The summed E-state index contributed by atoms with van der Waals surface area (Å²) >= 11 is 1.72. The van der Waals surface area contributed by atoms with Crippen molar-refractivity contribution >= 4 is 17.3 Å². The Morgan fingerprint density at radius 3 is 2.50 bits per heavy atom. The largest absolute Gasteiger partial charge is 0.355 e. The van der Waals surface area contributed by atoms with Crippen LogP contribution in [-0.4, -0.2) is 48.6 Å². The molecule has 0 bridgehead atoms. The number of guanidine groups is 1. The molecular weight excluding hydrogens is 318 g/mol. The first-order valence-corrected chi connectivity index (χ1v) is 10.0. The van der Waals surface area contributed by atoms with Gasteiger partial charge in [0, 0.05) is 25.0 Å². The summed E-state index contributed by atoms with van der Waals surface area (Å²) < 4.78 is 0. The van der Waals surface area contributed by atoms with E-state index in [9.17, 15) is 0 Å². The second-order valence-electron chi connectivity index (χ2n) is 7.18. The van der Waals surface area contributed by atoms with Crippen LogP contribution in [0.1, 0.15) is 57.2 Å². The summed E-state index contributed by atoms with van der Waals surface area (Å²) in [5, 5.41) is 10.2. The average molecular weight is 352 g/mol. The fourth-order valence-electron chi connectivity index (χ4n) is 3.11. The minimum Gasteiger partial charge on any atom is -0.355 e. The van der Waals surface area contributed by atoms with Crippen molar-refractivity contribution in [1.82, 2.24) is 20.5 Å². The molecule has 0 amide bonds. The topological polar surface area (TPSA) is 52.6 Å². The molecule has 1 aromatic heterocycles. The average Bonchev–Trinajstić information content (AvgIpc) is 3.21. The van der Waals surface area contributed by atoms with E-state index in [1.165, 1.54) is 31.6 Å². The maximum atomic E-state index is 4.67. The van der Waals surface area contributed by atoms with Crippen LogP contribution in [0.5, 0.6) is 0 Å². The first kappa shape index (κ1) is 19.2. The van der Waals surface area contributed by atoms with Crippen LogP contribution in [0.4, 0.5) is 0 Å². The monoisotopic (exact) mass is 351 g/mol.